The molecule has 0 unspecified atom stereocenters. The molecule has 1 heterocycles. The van der Waals surface area contributed by atoms with Gasteiger partial charge >= 0.3 is 0 Å². The Labute approximate surface area is 100 Å². The molecule has 2 aromatic rings. The molecule has 0 fully saturated rings. The molecule has 0 spiro atoms. The van der Waals surface area contributed by atoms with Crippen molar-refractivity contribution >= 4 is 17.2 Å². The van der Waals surface area contributed by atoms with Crippen molar-refractivity contribution in [1.29, 1.82) is 0 Å². The number of aromatic nitrogens is 1. The number of nitrogens with zero attached hydrogens (tertiary/aromatic N) is 1. The maximum absolute atomic E-state index is 4.48. The van der Waals surface area contributed by atoms with E-state index in [0.717, 1.165) is 17.2 Å². The summed E-state index contributed by atoms with van der Waals surface area (Å²) >= 11 is 1.67. The Morgan fingerprint density at radius 3 is 2.56 bits per heavy atom. The second-order valence-corrected chi connectivity index (χ2v) is 4.59. The third-order valence-corrected chi connectivity index (χ3v) is 3.39. The number of thiazole rings is 1. The maximum atomic E-state index is 4.48. The summed E-state index contributed by atoms with van der Waals surface area (Å²) in [7, 11) is 1.89. The number of aryl methyl sites for hydroxylation is 1. The number of anilines is 1. The fourth-order valence-electron chi connectivity index (χ4n) is 1.62. The Morgan fingerprint density at radius 2 is 2.00 bits per heavy atom. The zero-order chi connectivity index (χ0) is 11.4. The lowest BCUT2D eigenvalue weighted by Gasteiger charge is -2.00. The molecule has 0 aliphatic carbocycles. The minimum atomic E-state index is 0.942. The van der Waals surface area contributed by atoms with Crippen molar-refractivity contribution < 1.29 is 0 Å². The summed E-state index contributed by atoms with van der Waals surface area (Å²) in [5, 5.41) is 6.16. The van der Waals surface area contributed by atoms with Crippen LogP contribution in [0.1, 0.15) is 18.9 Å². The predicted octanol–water partition coefficient (Wildman–Crippen LogP) is 3.80. The second kappa shape index (κ2) is 5.12. The quantitative estimate of drug-likeness (QED) is 0.867. The highest BCUT2D eigenvalue weighted by Gasteiger charge is 2.03. The van der Waals surface area contributed by atoms with Crippen molar-refractivity contribution in [2.24, 2.45) is 0 Å². The number of rotatable bonds is 4. The van der Waals surface area contributed by atoms with Crippen molar-refractivity contribution in [2.45, 2.75) is 19.8 Å². The molecule has 0 atom stereocenters. The molecule has 2 rings (SSSR count). The summed E-state index contributed by atoms with van der Waals surface area (Å²) in [5.74, 6) is 0.942. The summed E-state index contributed by atoms with van der Waals surface area (Å²) in [4.78, 5) is 4.48. The summed E-state index contributed by atoms with van der Waals surface area (Å²) in [6.45, 7) is 2.20. The van der Waals surface area contributed by atoms with Crippen LogP contribution in [0.5, 0.6) is 0 Å². The average molecular weight is 232 g/mol. The Bertz CT molecular complexity index is 445. The van der Waals surface area contributed by atoms with Crippen LogP contribution in [0.15, 0.2) is 29.6 Å². The van der Waals surface area contributed by atoms with Gasteiger partial charge in [0.05, 0.1) is 0 Å². The largest absolute Gasteiger partial charge is 0.372 e. The van der Waals surface area contributed by atoms with E-state index in [4.69, 9.17) is 0 Å². The first kappa shape index (κ1) is 11.1. The molecule has 84 valence electrons. The van der Waals surface area contributed by atoms with Gasteiger partial charge in [0.15, 0.2) is 0 Å². The number of hydrogen-bond acceptors (Lipinski definition) is 3. The topological polar surface area (TPSA) is 24.9 Å². The van der Waals surface area contributed by atoms with Crippen molar-refractivity contribution in [3.8, 4) is 10.6 Å². The highest BCUT2D eigenvalue weighted by Crippen LogP contribution is 2.25. The predicted molar refractivity (Wildman–Crippen MR) is 71.1 cm³/mol. The van der Waals surface area contributed by atoms with E-state index in [1.165, 1.54) is 17.5 Å². The molecule has 0 radical (unpaired) electrons. The highest BCUT2D eigenvalue weighted by atomic mass is 32.1. The van der Waals surface area contributed by atoms with Crippen LogP contribution in [0.25, 0.3) is 10.6 Å². The average Bonchev–Trinajstić information content (AvgIpc) is 2.79. The van der Waals surface area contributed by atoms with E-state index in [9.17, 15) is 0 Å². The van der Waals surface area contributed by atoms with Crippen molar-refractivity contribution in [3.63, 3.8) is 0 Å². The van der Waals surface area contributed by atoms with Crippen LogP contribution >= 0.6 is 11.3 Å². The van der Waals surface area contributed by atoms with Gasteiger partial charge in [0.25, 0.3) is 0 Å². The van der Waals surface area contributed by atoms with Crippen molar-refractivity contribution in [1.82, 2.24) is 4.98 Å². The van der Waals surface area contributed by atoms with Gasteiger partial charge in [-0.1, -0.05) is 37.6 Å². The fraction of sp³-hybridized carbons (Fsp3) is 0.308. The van der Waals surface area contributed by atoms with E-state index < -0.39 is 0 Å². The molecule has 2 nitrogen and oxygen atoms in total. The van der Waals surface area contributed by atoms with Gasteiger partial charge in [-0.25, -0.2) is 4.98 Å². The first-order chi connectivity index (χ1) is 7.83. The Hall–Kier alpha value is -1.35. The Morgan fingerprint density at radius 1 is 1.25 bits per heavy atom. The molecule has 1 aromatic heterocycles. The minimum Gasteiger partial charge on any atom is -0.372 e. The van der Waals surface area contributed by atoms with Gasteiger partial charge in [0.2, 0.25) is 0 Å². The normalized spacial score (nSPS) is 10.4. The first-order valence-corrected chi connectivity index (χ1v) is 6.44. The minimum absolute atomic E-state index is 0.942. The number of benzene rings is 1. The van der Waals surface area contributed by atoms with Gasteiger partial charge in [0, 0.05) is 18.0 Å². The van der Waals surface area contributed by atoms with Crippen LogP contribution in [0.3, 0.4) is 0 Å². The summed E-state index contributed by atoms with van der Waals surface area (Å²) < 4.78 is 0. The third-order valence-electron chi connectivity index (χ3n) is 2.50. The van der Waals surface area contributed by atoms with Gasteiger partial charge in [-0.3, -0.25) is 0 Å². The van der Waals surface area contributed by atoms with Crippen LogP contribution in [0.4, 0.5) is 5.82 Å². The molecule has 0 amide bonds. The van der Waals surface area contributed by atoms with E-state index in [2.05, 4.69) is 41.5 Å². The molecule has 1 aromatic carbocycles. The standard InChI is InChI=1S/C13H16N2S/c1-3-4-10-5-7-11(8-6-10)13-15-12(14-2)9-16-13/h5-9,14H,3-4H2,1-2H3. The first-order valence-electron chi connectivity index (χ1n) is 5.56. The summed E-state index contributed by atoms with van der Waals surface area (Å²) in [6.07, 6.45) is 2.35. The van der Waals surface area contributed by atoms with Gasteiger partial charge in [-0.05, 0) is 12.0 Å². The molecular formula is C13H16N2S. The van der Waals surface area contributed by atoms with E-state index in [0.29, 0.717) is 0 Å². The smallest absolute Gasteiger partial charge is 0.137 e. The van der Waals surface area contributed by atoms with Gasteiger partial charge in [0.1, 0.15) is 10.8 Å². The lowest BCUT2D eigenvalue weighted by molar-refractivity contribution is 0.922. The van der Waals surface area contributed by atoms with E-state index in [1.807, 2.05) is 12.4 Å². The van der Waals surface area contributed by atoms with Gasteiger partial charge in [-0.2, -0.15) is 0 Å². The monoisotopic (exact) mass is 232 g/mol. The molecular weight excluding hydrogens is 216 g/mol. The fourth-order valence-corrected chi connectivity index (χ4v) is 2.44. The Kier molecular flexibility index (Phi) is 3.57. The number of hydrogen-bond donors (Lipinski definition) is 1. The number of nitrogens with one attached hydrogen (secondary N) is 1. The summed E-state index contributed by atoms with van der Waals surface area (Å²) in [6, 6.07) is 8.70. The van der Waals surface area contributed by atoms with E-state index in [1.54, 1.807) is 11.3 Å². The van der Waals surface area contributed by atoms with Crippen molar-refractivity contribution in [3.05, 3.63) is 35.2 Å². The molecule has 0 bridgehead atoms. The molecule has 16 heavy (non-hydrogen) atoms. The highest BCUT2D eigenvalue weighted by molar-refractivity contribution is 7.13. The molecule has 1 N–H and O–H groups in total. The lowest BCUT2D eigenvalue weighted by atomic mass is 10.1. The second-order valence-electron chi connectivity index (χ2n) is 3.73. The molecule has 0 saturated carbocycles. The molecule has 0 aliphatic heterocycles. The third kappa shape index (κ3) is 2.42. The van der Waals surface area contributed by atoms with Crippen molar-refractivity contribution in [2.75, 3.05) is 12.4 Å². The zero-order valence-electron chi connectivity index (χ0n) is 9.66. The molecule has 3 heteroatoms. The molecule has 0 aliphatic rings. The van der Waals surface area contributed by atoms with Crippen LogP contribution in [0.2, 0.25) is 0 Å². The SMILES string of the molecule is CCCc1ccc(-c2nc(NC)cs2)cc1. The van der Waals surface area contributed by atoms with Crippen LogP contribution in [0, 0.1) is 0 Å². The summed E-state index contributed by atoms with van der Waals surface area (Å²) in [5.41, 5.74) is 2.60. The van der Waals surface area contributed by atoms with Gasteiger partial charge < -0.3 is 5.32 Å². The lowest BCUT2D eigenvalue weighted by Crippen LogP contribution is -1.87. The molecule has 0 saturated heterocycles. The zero-order valence-corrected chi connectivity index (χ0v) is 10.5. The Balaban J connectivity index is 2.20. The maximum Gasteiger partial charge on any atom is 0.137 e. The van der Waals surface area contributed by atoms with Crippen LogP contribution < -0.4 is 5.32 Å². The van der Waals surface area contributed by atoms with E-state index in [-0.39, 0.29) is 0 Å². The van der Waals surface area contributed by atoms with E-state index >= 15 is 0 Å². The van der Waals surface area contributed by atoms with Gasteiger partial charge in [-0.15, -0.1) is 11.3 Å². The van der Waals surface area contributed by atoms with Crippen LogP contribution in [-0.2, 0) is 6.42 Å². The van der Waals surface area contributed by atoms with Crippen LogP contribution in [-0.4, -0.2) is 12.0 Å².